The molecule has 0 saturated heterocycles. The Labute approximate surface area is 84.4 Å². The van der Waals surface area contributed by atoms with Crippen LogP contribution in [0.2, 0.25) is 0 Å². The maximum absolute atomic E-state index is 10.5. The zero-order valence-electron chi connectivity index (χ0n) is 8.53. The van der Waals surface area contributed by atoms with Crippen molar-refractivity contribution in [2.24, 2.45) is 5.73 Å². The molecule has 1 amide bonds. The third-order valence-corrected chi connectivity index (χ3v) is 2.04. The van der Waals surface area contributed by atoms with Crippen LogP contribution in [-0.4, -0.2) is 5.91 Å². The first kappa shape index (κ1) is 10.5. The Morgan fingerprint density at radius 1 is 1.29 bits per heavy atom. The SMILES string of the molecule is CC(C)c1ccc(/C=C/C(N)=O)cc1. The van der Waals surface area contributed by atoms with Gasteiger partial charge in [-0.15, -0.1) is 0 Å². The van der Waals surface area contributed by atoms with Crippen molar-refractivity contribution in [2.75, 3.05) is 0 Å². The van der Waals surface area contributed by atoms with Crippen LogP contribution in [0.4, 0.5) is 0 Å². The maximum Gasteiger partial charge on any atom is 0.241 e. The number of primary amides is 1. The lowest BCUT2D eigenvalue weighted by Gasteiger charge is -2.04. The van der Waals surface area contributed by atoms with Gasteiger partial charge in [-0.25, -0.2) is 0 Å². The molecule has 0 bridgehead atoms. The summed E-state index contributed by atoms with van der Waals surface area (Å²) in [6.45, 7) is 4.29. The van der Waals surface area contributed by atoms with E-state index in [0.717, 1.165) is 5.56 Å². The first-order chi connectivity index (χ1) is 6.59. The van der Waals surface area contributed by atoms with E-state index in [1.807, 2.05) is 12.1 Å². The number of hydrogen-bond acceptors (Lipinski definition) is 1. The summed E-state index contributed by atoms with van der Waals surface area (Å²) in [5.41, 5.74) is 7.28. The van der Waals surface area contributed by atoms with Gasteiger partial charge in [0.15, 0.2) is 0 Å². The van der Waals surface area contributed by atoms with Crippen LogP contribution in [0.3, 0.4) is 0 Å². The summed E-state index contributed by atoms with van der Waals surface area (Å²) >= 11 is 0. The summed E-state index contributed by atoms with van der Waals surface area (Å²) in [7, 11) is 0. The van der Waals surface area contributed by atoms with Gasteiger partial charge in [-0.1, -0.05) is 38.1 Å². The van der Waals surface area contributed by atoms with Gasteiger partial charge in [0.1, 0.15) is 0 Å². The highest BCUT2D eigenvalue weighted by atomic mass is 16.1. The highest BCUT2D eigenvalue weighted by Crippen LogP contribution is 2.15. The van der Waals surface area contributed by atoms with E-state index in [-0.39, 0.29) is 0 Å². The summed E-state index contributed by atoms with van der Waals surface area (Å²) in [6, 6.07) is 8.08. The van der Waals surface area contributed by atoms with E-state index in [9.17, 15) is 4.79 Å². The molecule has 74 valence electrons. The minimum Gasteiger partial charge on any atom is -0.366 e. The fourth-order valence-electron chi connectivity index (χ4n) is 1.17. The van der Waals surface area contributed by atoms with E-state index in [2.05, 4.69) is 26.0 Å². The summed E-state index contributed by atoms with van der Waals surface area (Å²) in [5, 5.41) is 0. The van der Waals surface area contributed by atoms with Crippen molar-refractivity contribution in [1.82, 2.24) is 0 Å². The van der Waals surface area contributed by atoms with Crippen LogP contribution in [-0.2, 0) is 4.79 Å². The Bertz CT molecular complexity index is 336. The fourth-order valence-corrected chi connectivity index (χ4v) is 1.17. The fraction of sp³-hybridized carbons (Fsp3) is 0.250. The molecule has 2 N–H and O–H groups in total. The molecule has 0 aliphatic carbocycles. The van der Waals surface area contributed by atoms with Crippen molar-refractivity contribution < 1.29 is 4.79 Å². The van der Waals surface area contributed by atoms with E-state index in [1.165, 1.54) is 11.6 Å². The molecule has 0 aliphatic rings. The number of benzene rings is 1. The number of rotatable bonds is 3. The molecule has 2 nitrogen and oxygen atoms in total. The lowest BCUT2D eigenvalue weighted by Crippen LogP contribution is -2.05. The molecule has 1 aromatic rings. The molecule has 0 saturated carbocycles. The number of hydrogen-bond donors (Lipinski definition) is 1. The quantitative estimate of drug-likeness (QED) is 0.728. The van der Waals surface area contributed by atoms with E-state index in [1.54, 1.807) is 6.08 Å². The van der Waals surface area contributed by atoms with E-state index < -0.39 is 5.91 Å². The smallest absolute Gasteiger partial charge is 0.241 e. The molecule has 0 aromatic heterocycles. The zero-order chi connectivity index (χ0) is 10.6. The van der Waals surface area contributed by atoms with Gasteiger partial charge >= 0.3 is 0 Å². The normalized spacial score (nSPS) is 11.1. The van der Waals surface area contributed by atoms with E-state index in [0.29, 0.717) is 5.92 Å². The molecule has 0 fully saturated rings. The lowest BCUT2D eigenvalue weighted by atomic mass is 10.0. The van der Waals surface area contributed by atoms with Crippen LogP contribution in [0, 0.1) is 0 Å². The summed E-state index contributed by atoms with van der Waals surface area (Å²) < 4.78 is 0. The average molecular weight is 189 g/mol. The van der Waals surface area contributed by atoms with Crippen molar-refractivity contribution in [1.29, 1.82) is 0 Å². The van der Waals surface area contributed by atoms with Crippen LogP contribution in [0.25, 0.3) is 6.08 Å². The van der Waals surface area contributed by atoms with Gasteiger partial charge in [0.05, 0.1) is 0 Å². The second-order valence-corrected chi connectivity index (χ2v) is 3.56. The second kappa shape index (κ2) is 4.61. The monoisotopic (exact) mass is 189 g/mol. The van der Waals surface area contributed by atoms with Crippen LogP contribution in [0.1, 0.15) is 30.9 Å². The van der Waals surface area contributed by atoms with Crippen LogP contribution >= 0.6 is 0 Å². The van der Waals surface area contributed by atoms with Gasteiger partial charge < -0.3 is 5.73 Å². The third-order valence-electron chi connectivity index (χ3n) is 2.04. The van der Waals surface area contributed by atoms with Gasteiger partial charge in [-0.2, -0.15) is 0 Å². The number of nitrogens with two attached hydrogens (primary N) is 1. The molecule has 0 radical (unpaired) electrons. The second-order valence-electron chi connectivity index (χ2n) is 3.56. The minimum atomic E-state index is -0.419. The van der Waals surface area contributed by atoms with Gasteiger partial charge in [0.25, 0.3) is 0 Å². The number of amides is 1. The molecule has 0 atom stereocenters. The minimum absolute atomic E-state index is 0.419. The van der Waals surface area contributed by atoms with Crippen molar-refractivity contribution in [2.45, 2.75) is 19.8 Å². The van der Waals surface area contributed by atoms with Gasteiger partial charge in [0, 0.05) is 6.08 Å². The van der Waals surface area contributed by atoms with Gasteiger partial charge in [0.2, 0.25) is 5.91 Å². The molecule has 0 unspecified atom stereocenters. The Balaban J connectivity index is 2.78. The topological polar surface area (TPSA) is 43.1 Å². The first-order valence-electron chi connectivity index (χ1n) is 4.67. The first-order valence-corrected chi connectivity index (χ1v) is 4.67. The molecule has 1 rings (SSSR count). The van der Waals surface area contributed by atoms with Crippen molar-refractivity contribution in [3.05, 3.63) is 41.5 Å². The largest absolute Gasteiger partial charge is 0.366 e. The Kier molecular flexibility index (Phi) is 3.46. The predicted molar refractivity (Wildman–Crippen MR) is 58.8 cm³/mol. The molecule has 0 heterocycles. The Morgan fingerprint density at radius 2 is 1.86 bits per heavy atom. The molecular formula is C12H15NO. The van der Waals surface area contributed by atoms with Crippen molar-refractivity contribution in [3.8, 4) is 0 Å². The molecule has 1 aromatic carbocycles. The van der Waals surface area contributed by atoms with Crippen LogP contribution < -0.4 is 5.73 Å². The van der Waals surface area contributed by atoms with E-state index >= 15 is 0 Å². The molecular weight excluding hydrogens is 174 g/mol. The number of carbonyl (C=O) groups is 1. The standard InChI is InChI=1S/C12H15NO/c1-9(2)11-6-3-10(4-7-11)5-8-12(13)14/h3-9H,1-2H3,(H2,13,14)/b8-5+. The van der Waals surface area contributed by atoms with Gasteiger partial charge in [-0.3, -0.25) is 4.79 Å². The third kappa shape index (κ3) is 3.05. The Hall–Kier alpha value is -1.57. The maximum atomic E-state index is 10.5. The Morgan fingerprint density at radius 3 is 2.29 bits per heavy atom. The number of carbonyl (C=O) groups excluding carboxylic acids is 1. The molecule has 0 aliphatic heterocycles. The van der Waals surface area contributed by atoms with E-state index in [4.69, 9.17) is 5.73 Å². The van der Waals surface area contributed by atoms with Gasteiger partial charge in [-0.05, 0) is 23.1 Å². The van der Waals surface area contributed by atoms with Crippen molar-refractivity contribution >= 4 is 12.0 Å². The van der Waals surface area contributed by atoms with Crippen molar-refractivity contribution in [3.63, 3.8) is 0 Å². The molecule has 2 heteroatoms. The average Bonchev–Trinajstić information content (AvgIpc) is 2.15. The van der Waals surface area contributed by atoms with Crippen LogP contribution in [0.15, 0.2) is 30.3 Å². The highest BCUT2D eigenvalue weighted by Gasteiger charge is 1.96. The highest BCUT2D eigenvalue weighted by molar-refractivity contribution is 5.90. The zero-order valence-corrected chi connectivity index (χ0v) is 8.53. The lowest BCUT2D eigenvalue weighted by molar-refractivity contribution is -0.113. The predicted octanol–water partition coefficient (Wildman–Crippen LogP) is 2.31. The summed E-state index contributed by atoms with van der Waals surface area (Å²) in [4.78, 5) is 10.5. The summed E-state index contributed by atoms with van der Waals surface area (Å²) in [6.07, 6.45) is 3.08. The molecule has 14 heavy (non-hydrogen) atoms. The summed E-state index contributed by atoms with van der Waals surface area (Å²) in [5.74, 6) is 0.113. The van der Waals surface area contributed by atoms with Crippen LogP contribution in [0.5, 0.6) is 0 Å². The molecule has 0 spiro atoms.